The first-order chi connectivity index (χ1) is 12.4. The van der Waals surface area contributed by atoms with Crippen LogP contribution in [0, 0.1) is 6.92 Å². The molecule has 0 saturated heterocycles. The monoisotopic (exact) mass is 392 g/mol. The Morgan fingerprint density at radius 3 is 2.77 bits per heavy atom. The van der Waals surface area contributed by atoms with Gasteiger partial charge >= 0.3 is 6.03 Å². The Morgan fingerprint density at radius 1 is 1.35 bits per heavy atom. The van der Waals surface area contributed by atoms with Gasteiger partial charge in [0.1, 0.15) is 5.00 Å². The molecule has 3 rings (SSSR count). The van der Waals surface area contributed by atoms with E-state index in [4.69, 9.17) is 17.3 Å². The summed E-state index contributed by atoms with van der Waals surface area (Å²) in [5.74, 6) is -0.509. The van der Waals surface area contributed by atoms with Gasteiger partial charge in [-0.15, -0.1) is 11.3 Å². The summed E-state index contributed by atoms with van der Waals surface area (Å²) in [6, 6.07) is 4.82. The molecule has 0 spiro atoms. The van der Waals surface area contributed by atoms with Crippen LogP contribution in [0.15, 0.2) is 18.2 Å². The topological polar surface area (TPSA) is 87.5 Å². The zero-order chi connectivity index (χ0) is 18.8. The molecule has 0 radical (unpaired) electrons. The molecule has 138 valence electrons. The SMILES string of the molecule is CCN1CCc2c(sc(NC(=O)Nc3ccc(Cl)c(C)c3)c2C(N)=O)C1. The summed E-state index contributed by atoms with van der Waals surface area (Å²) < 4.78 is 0. The van der Waals surface area contributed by atoms with Crippen molar-refractivity contribution < 1.29 is 9.59 Å². The molecule has 0 fully saturated rings. The van der Waals surface area contributed by atoms with Crippen LogP contribution in [-0.4, -0.2) is 29.9 Å². The second-order valence-electron chi connectivity index (χ2n) is 6.23. The van der Waals surface area contributed by atoms with E-state index in [1.807, 2.05) is 6.92 Å². The summed E-state index contributed by atoms with van der Waals surface area (Å²) in [6.07, 6.45) is 0.762. The second-order valence-corrected chi connectivity index (χ2v) is 7.75. The van der Waals surface area contributed by atoms with Crippen LogP contribution in [0.1, 0.15) is 33.3 Å². The van der Waals surface area contributed by atoms with Crippen molar-refractivity contribution in [2.45, 2.75) is 26.8 Å². The van der Waals surface area contributed by atoms with Crippen LogP contribution in [0.2, 0.25) is 5.02 Å². The van der Waals surface area contributed by atoms with Crippen molar-refractivity contribution in [2.75, 3.05) is 23.7 Å². The zero-order valence-electron chi connectivity index (χ0n) is 14.7. The number of primary amides is 1. The number of rotatable bonds is 4. The number of nitrogens with zero attached hydrogens (tertiary/aromatic N) is 1. The van der Waals surface area contributed by atoms with Crippen molar-refractivity contribution in [3.8, 4) is 0 Å². The van der Waals surface area contributed by atoms with E-state index >= 15 is 0 Å². The Labute approximate surface area is 161 Å². The minimum absolute atomic E-state index is 0.417. The molecule has 0 saturated carbocycles. The number of carbonyl (C=O) groups excluding carboxylic acids is 2. The Hall–Kier alpha value is -2.09. The third-order valence-electron chi connectivity index (χ3n) is 4.47. The van der Waals surface area contributed by atoms with E-state index in [-0.39, 0.29) is 0 Å². The predicted molar refractivity (Wildman–Crippen MR) is 106 cm³/mol. The molecule has 2 heterocycles. The van der Waals surface area contributed by atoms with Crippen LogP contribution in [0.3, 0.4) is 0 Å². The van der Waals surface area contributed by atoms with Crippen LogP contribution in [-0.2, 0) is 13.0 Å². The van der Waals surface area contributed by atoms with E-state index in [0.717, 1.165) is 42.1 Å². The summed E-state index contributed by atoms with van der Waals surface area (Å²) in [4.78, 5) is 27.7. The van der Waals surface area contributed by atoms with Crippen LogP contribution < -0.4 is 16.4 Å². The molecule has 4 N–H and O–H groups in total. The molecule has 6 nitrogen and oxygen atoms in total. The first-order valence-electron chi connectivity index (χ1n) is 8.40. The van der Waals surface area contributed by atoms with Crippen molar-refractivity contribution in [3.05, 3.63) is 44.8 Å². The first-order valence-corrected chi connectivity index (χ1v) is 9.59. The van der Waals surface area contributed by atoms with Crippen LogP contribution in [0.5, 0.6) is 0 Å². The van der Waals surface area contributed by atoms with Gasteiger partial charge in [0.2, 0.25) is 0 Å². The summed E-state index contributed by atoms with van der Waals surface area (Å²) in [5.41, 5.74) is 8.48. The average molecular weight is 393 g/mol. The van der Waals surface area contributed by atoms with E-state index in [9.17, 15) is 9.59 Å². The average Bonchev–Trinajstić information content (AvgIpc) is 2.94. The van der Waals surface area contributed by atoms with Gasteiger partial charge in [-0.25, -0.2) is 4.79 Å². The number of hydrogen-bond acceptors (Lipinski definition) is 4. The lowest BCUT2D eigenvalue weighted by Crippen LogP contribution is -2.30. The molecule has 8 heteroatoms. The molecule has 0 aliphatic carbocycles. The van der Waals surface area contributed by atoms with E-state index in [1.54, 1.807) is 18.2 Å². The lowest BCUT2D eigenvalue weighted by Gasteiger charge is -2.25. The molecular weight excluding hydrogens is 372 g/mol. The number of halogens is 1. The number of benzene rings is 1. The number of carbonyl (C=O) groups is 2. The normalized spacial score (nSPS) is 14.0. The third-order valence-corrected chi connectivity index (χ3v) is 6.03. The third kappa shape index (κ3) is 3.85. The summed E-state index contributed by atoms with van der Waals surface area (Å²) in [6.45, 7) is 6.58. The number of hydrogen-bond donors (Lipinski definition) is 3. The standard InChI is InChI=1S/C18H21ClN4O2S/c1-3-23-7-6-12-14(9-23)26-17(15(12)16(20)24)22-18(25)21-11-4-5-13(19)10(2)8-11/h4-5,8H,3,6-7,9H2,1-2H3,(H2,20,24)(H2,21,22,25). The van der Waals surface area contributed by atoms with Gasteiger partial charge in [-0.2, -0.15) is 0 Å². The Morgan fingerprint density at radius 2 is 2.12 bits per heavy atom. The lowest BCUT2D eigenvalue weighted by molar-refractivity contribution is 0.1000. The summed E-state index contributed by atoms with van der Waals surface area (Å²) >= 11 is 7.42. The maximum absolute atomic E-state index is 12.4. The molecule has 3 amide bonds. The summed E-state index contributed by atoms with van der Waals surface area (Å²) in [7, 11) is 0. The molecule has 1 aliphatic heterocycles. The minimum atomic E-state index is -0.509. The minimum Gasteiger partial charge on any atom is -0.365 e. The quantitative estimate of drug-likeness (QED) is 0.738. The van der Waals surface area contributed by atoms with Gasteiger partial charge in [0.05, 0.1) is 5.56 Å². The Kier molecular flexibility index (Phi) is 5.50. The fraction of sp³-hybridized carbons (Fsp3) is 0.333. The number of nitrogens with two attached hydrogens (primary N) is 1. The van der Waals surface area contributed by atoms with Crippen LogP contribution >= 0.6 is 22.9 Å². The Bertz CT molecular complexity index is 865. The highest BCUT2D eigenvalue weighted by Crippen LogP contribution is 2.37. The van der Waals surface area contributed by atoms with E-state index in [0.29, 0.717) is 21.3 Å². The number of likely N-dealkylation sites (N-methyl/N-ethyl adjacent to an activating group) is 1. The second kappa shape index (κ2) is 7.65. The zero-order valence-corrected chi connectivity index (χ0v) is 16.3. The van der Waals surface area contributed by atoms with Crippen LogP contribution in [0.4, 0.5) is 15.5 Å². The highest BCUT2D eigenvalue weighted by molar-refractivity contribution is 7.17. The molecule has 1 aromatic heterocycles. The van der Waals surface area contributed by atoms with Gasteiger partial charge in [-0.05, 0) is 49.2 Å². The van der Waals surface area contributed by atoms with Gasteiger partial charge in [0, 0.05) is 28.7 Å². The van der Waals surface area contributed by atoms with E-state index in [1.165, 1.54) is 11.3 Å². The van der Waals surface area contributed by atoms with Crippen LogP contribution in [0.25, 0.3) is 0 Å². The first kappa shape index (κ1) is 18.7. The van der Waals surface area contributed by atoms with Gasteiger partial charge in [-0.1, -0.05) is 18.5 Å². The highest BCUT2D eigenvalue weighted by Gasteiger charge is 2.27. The van der Waals surface area contributed by atoms with Gasteiger partial charge in [0.15, 0.2) is 0 Å². The number of aryl methyl sites for hydroxylation is 1. The van der Waals surface area contributed by atoms with Crippen molar-refractivity contribution in [1.29, 1.82) is 0 Å². The lowest BCUT2D eigenvalue weighted by atomic mass is 10.0. The van der Waals surface area contributed by atoms with Crippen molar-refractivity contribution in [2.24, 2.45) is 5.73 Å². The molecule has 0 unspecified atom stereocenters. The van der Waals surface area contributed by atoms with Gasteiger partial charge in [0.25, 0.3) is 5.91 Å². The number of urea groups is 1. The molecule has 26 heavy (non-hydrogen) atoms. The summed E-state index contributed by atoms with van der Waals surface area (Å²) in [5, 5.41) is 6.68. The van der Waals surface area contributed by atoms with Crippen molar-refractivity contribution >= 4 is 45.6 Å². The fourth-order valence-electron chi connectivity index (χ4n) is 3.06. The maximum Gasteiger partial charge on any atom is 0.324 e. The highest BCUT2D eigenvalue weighted by atomic mass is 35.5. The smallest absolute Gasteiger partial charge is 0.324 e. The number of amides is 3. The van der Waals surface area contributed by atoms with Gasteiger partial charge in [-0.3, -0.25) is 15.0 Å². The molecule has 1 aromatic carbocycles. The molecule has 2 aromatic rings. The largest absolute Gasteiger partial charge is 0.365 e. The van der Waals surface area contributed by atoms with Crippen molar-refractivity contribution in [3.63, 3.8) is 0 Å². The number of thiophene rings is 1. The number of nitrogens with one attached hydrogen (secondary N) is 2. The van der Waals surface area contributed by atoms with E-state index in [2.05, 4.69) is 22.5 Å². The Balaban J connectivity index is 1.80. The number of fused-ring (bicyclic) bond motifs is 1. The van der Waals surface area contributed by atoms with E-state index < -0.39 is 11.9 Å². The van der Waals surface area contributed by atoms with Gasteiger partial charge < -0.3 is 11.1 Å². The molecule has 0 atom stereocenters. The molecule has 1 aliphatic rings. The fourth-order valence-corrected chi connectivity index (χ4v) is 4.47. The number of anilines is 2. The molecule has 0 bridgehead atoms. The maximum atomic E-state index is 12.4. The predicted octanol–water partition coefficient (Wildman–Crippen LogP) is 3.83. The molecular formula is C18H21ClN4O2S. The van der Waals surface area contributed by atoms with Crippen molar-refractivity contribution in [1.82, 2.24) is 4.90 Å².